The van der Waals surface area contributed by atoms with E-state index >= 15 is 0 Å². The number of rotatable bonds is 8. The highest BCUT2D eigenvalue weighted by Crippen LogP contribution is 2.24. The van der Waals surface area contributed by atoms with Gasteiger partial charge in [0.25, 0.3) is 0 Å². The van der Waals surface area contributed by atoms with Crippen LogP contribution in [-0.4, -0.2) is 50.5 Å². The number of carbonyl (C=O) groups is 1. The summed E-state index contributed by atoms with van der Waals surface area (Å²) in [6.45, 7) is 6.83. The van der Waals surface area contributed by atoms with E-state index in [1.165, 1.54) is 43.2 Å². The Hall–Kier alpha value is -1.93. The van der Waals surface area contributed by atoms with Gasteiger partial charge in [0, 0.05) is 11.7 Å². The lowest BCUT2D eigenvalue weighted by Crippen LogP contribution is -2.33. The summed E-state index contributed by atoms with van der Waals surface area (Å²) in [6.07, 6.45) is 4.56. The van der Waals surface area contributed by atoms with Gasteiger partial charge in [0.05, 0.1) is 12.3 Å². The fourth-order valence-corrected chi connectivity index (χ4v) is 3.99. The maximum atomic E-state index is 13.4. The van der Waals surface area contributed by atoms with Crippen molar-refractivity contribution in [2.24, 2.45) is 0 Å². The Morgan fingerprint density at radius 2 is 1.93 bits per heavy atom. The van der Waals surface area contributed by atoms with Crippen LogP contribution in [0, 0.1) is 5.82 Å². The van der Waals surface area contributed by atoms with Crippen LogP contribution in [0.3, 0.4) is 0 Å². The predicted molar refractivity (Wildman–Crippen MR) is 109 cm³/mol. The lowest BCUT2D eigenvalue weighted by Gasteiger charge is -2.26. The molecule has 1 N–H and O–H groups in total. The van der Waals surface area contributed by atoms with E-state index in [0.29, 0.717) is 11.7 Å². The molecule has 0 bridgehead atoms. The normalized spacial score (nSPS) is 16.1. The maximum absolute atomic E-state index is 13.4. The molecule has 2 aromatic rings. The molecular weight excluding hydrogens is 377 g/mol. The minimum absolute atomic E-state index is 0.0226. The molecule has 6 nitrogen and oxygen atoms in total. The number of hydrogen-bond donors (Lipinski definition) is 1. The Morgan fingerprint density at radius 1 is 1.21 bits per heavy atom. The first-order chi connectivity index (χ1) is 13.6. The van der Waals surface area contributed by atoms with Gasteiger partial charge < -0.3 is 5.32 Å². The molecule has 8 heteroatoms. The first-order valence-corrected chi connectivity index (χ1v) is 10.9. The summed E-state index contributed by atoms with van der Waals surface area (Å²) in [6, 6.07) is 6.47. The van der Waals surface area contributed by atoms with Crippen LogP contribution < -0.4 is 5.32 Å². The lowest BCUT2D eigenvalue weighted by atomic mass is 10.1. The fraction of sp³-hybridized carbons (Fsp3) is 0.550. The fourth-order valence-electron chi connectivity index (χ4n) is 3.21. The smallest absolute Gasteiger partial charge is 0.230 e. The van der Waals surface area contributed by atoms with Crippen LogP contribution in [-0.2, 0) is 11.3 Å². The second-order valence-electron chi connectivity index (χ2n) is 7.21. The van der Waals surface area contributed by atoms with Gasteiger partial charge in [-0.2, -0.15) is 0 Å². The highest BCUT2D eigenvalue weighted by Gasteiger charge is 2.19. The van der Waals surface area contributed by atoms with Crippen molar-refractivity contribution in [2.75, 3.05) is 18.8 Å². The summed E-state index contributed by atoms with van der Waals surface area (Å²) in [5.41, 5.74) is 0.809. The minimum Gasteiger partial charge on any atom is -0.353 e. The van der Waals surface area contributed by atoms with Crippen molar-refractivity contribution >= 4 is 17.7 Å². The van der Waals surface area contributed by atoms with Gasteiger partial charge in [-0.15, -0.1) is 10.2 Å². The van der Waals surface area contributed by atoms with Gasteiger partial charge in [-0.3, -0.25) is 14.3 Å². The Balaban J connectivity index is 1.78. The number of aromatic nitrogens is 3. The molecule has 28 heavy (non-hydrogen) atoms. The van der Waals surface area contributed by atoms with Crippen molar-refractivity contribution in [3.05, 3.63) is 35.9 Å². The minimum atomic E-state index is -0.281. The molecule has 2 heterocycles. The molecule has 1 aliphatic rings. The second-order valence-corrected chi connectivity index (χ2v) is 8.16. The number of benzene rings is 1. The van der Waals surface area contributed by atoms with Crippen LogP contribution in [0.5, 0.6) is 0 Å². The highest BCUT2D eigenvalue weighted by molar-refractivity contribution is 7.99. The Bertz CT molecular complexity index is 773. The zero-order valence-corrected chi connectivity index (χ0v) is 17.3. The molecule has 1 amide bonds. The van der Waals surface area contributed by atoms with E-state index in [1.54, 1.807) is 12.1 Å². The molecule has 0 spiro atoms. The van der Waals surface area contributed by atoms with Gasteiger partial charge in [0.1, 0.15) is 5.82 Å². The number of hydrogen-bond acceptors (Lipinski definition) is 5. The second kappa shape index (κ2) is 10.0. The van der Waals surface area contributed by atoms with Crippen molar-refractivity contribution in [2.45, 2.75) is 57.3 Å². The van der Waals surface area contributed by atoms with Crippen molar-refractivity contribution < 1.29 is 9.18 Å². The quantitative estimate of drug-likeness (QED) is 0.682. The molecule has 0 radical (unpaired) electrons. The summed E-state index contributed by atoms with van der Waals surface area (Å²) >= 11 is 1.35. The van der Waals surface area contributed by atoms with E-state index in [2.05, 4.69) is 20.4 Å². The summed E-state index contributed by atoms with van der Waals surface area (Å²) in [5, 5.41) is 12.3. The van der Waals surface area contributed by atoms with E-state index in [-0.39, 0.29) is 23.5 Å². The summed E-state index contributed by atoms with van der Waals surface area (Å²) < 4.78 is 15.3. The SMILES string of the molecule is CCC(C)NC(=O)CSc1nnc(CN2CCCCC2)n1-c1ccc(F)cc1. The third-order valence-corrected chi connectivity index (χ3v) is 5.88. The van der Waals surface area contributed by atoms with Gasteiger partial charge in [0.2, 0.25) is 5.91 Å². The number of halogens is 1. The number of nitrogens with one attached hydrogen (secondary N) is 1. The van der Waals surface area contributed by atoms with E-state index in [1.807, 2.05) is 18.4 Å². The number of carbonyl (C=O) groups excluding carboxylic acids is 1. The number of likely N-dealkylation sites (tertiary alicyclic amines) is 1. The van der Waals surface area contributed by atoms with Crippen LogP contribution in [0.1, 0.15) is 45.4 Å². The first kappa shape index (κ1) is 20.8. The Morgan fingerprint density at radius 3 is 2.61 bits per heavy atom. The Kier molecular flexibility index (Phi) is 7.44. The summed E-state index contributed by atoms with van der Waals surface area (Å²) in [4.78, 5) is 14.5. The van der Waals surface area contributed by atoms with Gasteiger partial charge >= 0.3 is 0 Å². The molecule has 3 rings (SSSR count). The number of thioether (sulfide) groups is 1. The molecule has 1 aromatic heterocycles. The van der Waals surface area contributed by atoms with E-state index in [0.717, 1.165) is 31.0 Å². The van der Waals surface area contributed by atoms with Crippen LogP contribution in [0.25, 0.3) is 5.69 Å². The molecule has 1 fully saturated rings. The van der Waals surface area contributed by atoms with Crippen molar-refractivity contribution in [1.82, 2.24) is 25.0 Å². The summed E-state index contributed by atoms with van der Waals surface area (Å²) in [5.74, 6) is 0.786. The van der Waals surface area contributed by atoms with Crippen molar-refractivity contribution in [3.63, 3.8) is 0 Å². The molecule has 152 valence electrons. The first-order valence-electron chi connectivity index (χ1n) is 9.91. The van der Waals surface area contributed by atoms with Crippen LogP contribution >= 0.6 is 11.8 Å². The molecule has 1 unspecified atom stereocenters. The molecule has 1 aliphatic heterocycles. The van der Waals surface area contributed by atoms with E-state index in [4.69, 9.17) is 0 Å². The van der Waals surface area contributed by atoms with Gasteiger partial charge in [-0.05, 0) is 63.5 Å². The predicted octanol–water partition coefficient (Wildman–Crippen LogP) is 3.40. The highest BCUT2D eigenvalue weighted by atomic mass is 32.2. The lowest BCUT2D eigenvalue weighted by molar-refractivity contribution is -0.119. The summed E-state index contributed by atoms with van der Waals surface area (Å²) in [7, 11) is 0. The molecule has 1 saturated heterocycles. The van der Waals surface area contributed by atoms with Crippen LogP contribution in [0.2, 0.25) is 0 Å². The monoisotopic (exact) mass is 405 g/mol. The zero-order chi connectivity index (χ0) is 19.9. The third-order valence-electron chi connectivity index (χ3n) is 4.95. The number of piperidine rings is 1. The maximum Gasteiger partial charge on any atom is 0.230 e. The number of nitrogens with zero attached hydrogens (tertiary/aromatic N) is 4. The van der Waals surface area contributed by atoms with Crippen molar-refractivity contribution in [1.29, 1.82) is 0 Å². The largest absolute Gasteiger partial charge is 0.353 e. The molecule has 1 atom stereocenters. The third kappa shape index (κ3) is 5.54. The van der Waals surface area contributed by atoms with Gasteiger partial charge in [-0.25, -0.2) is 4.39 Å². The average Bonchev–Trinajstić information content (AvgIpc) is 3.10. The number of amides is 1. The van der Waals surface area contributed by atoms with Crippen LogP contribution in [0.15, 0.2) is 29.4 Å². The molecular formula is C20H28FN5OS. The molecule has 0 aliphatic carbocycles. The Labute approximate surface area is 169 Å². The standard InChI is InChI=1S/C20H28FN5OS/c1-3-15(2)22-19(27)14-28-20-24-23-18(13-25-11-5-4-6-12-25)26(20)17-9-7-16(21)8-10-17/h7-10,15H,3-6,11-14H2,1-2H3,(H,22,27). The average molecular weight is 406 g/mol. The van der Waals surface area contributed by atoms with Crippen LogP contribution in [0.4, 0.5) is 4.39 Å². The van der Waals surface area contributed by atoms with Crippen molar-refractivity contribution in [3.8, 4) is 5.69 Å². The molecule has 1 aromatic carbocycles. The van der Waals surface area contributed by atoms with E-state index < -0.39 is 0 Å². The van der Waals surface area contributed by atoms with Gasteiger partial charge in [-0.1, -0.05) is 25.1 Å². The van der Waals surface area contributed by atoms with Gasteiger partial charge in [0.15, 0.2) is 11.0 Å². The van der Waals surface area contributed by atoms with E-state index in [9.17, 15) is 9.18 Å². The molecule has 0 saturated carbocycles. The topological polar surface area (TPSA) is 63.1 Å². The zero-order valence-electron chi connectivity index (χ0n) is 16.5.